The summed E-state index contributed by atoms with van der Waals surface area (Å²) in [6.45, 7) is 2.55. The number of hydrogen-bond donors (Lipinski definition) is 1. The molecule has 0 saturated carbocycles. The first-order valence-corrected chi connectivity index (χ1v) is 9.80. The molecule has 1 heterocycles. The number of rotatable bonds is 7. The molecule has 0 aliphatic carbocycles. The summed E-state index contributed by atoms with van der Waals surface area (Å²) >= 11 is 2.67. The van der Waals surface area contributed by atoms with Crippen LogP contribution in [-0.2, 0) is 4.79 Å². The number of carbonyl (C=O) groups excluding carboxylic acids is 1. The van der Waals surface area contributed by atoms with Crippen LogP contribution >= 0.6 is 23.1 Å². The van der Waals surface area contributed by atoms with Crippen LogP contribution in [0.3, 0.4) is 0 Å². The van der Waals surface area contributed by atoms with E-state index < -0.39 is 0 Å². The SMILES string of the molecule is CCN(C(=O)CSc1nnc(Nc2cccc(F)c2)s1)c1ccccc1. The number of hydrogen-bond acceptors (Lipinski definition) is 6. The minimum Gasteiger partial charge on any atom is -0.330 e. The minimum absolute atomic E-state index is 0.0125. The zero-order valence-electron chi connectivity index (χ0n) is 14.1. The number of anilines is 3. The van der Waals surface area contributed by atoms with Crippen LogP contribution in [0.5, 0.6) is 0 Å². The molecule has 0 bridgehead atoms. The molecular formula is C18H17FN4OS2. The average molecular weight is 388 g/mol. The van der Waals surface area contributed by atoms with E-state index in [2.05, 4.69) is 15.5 Å². The Hall–Kier alpha value is -2.45. The molecule has 1 amide bonds. The highest BCUT2D eigenvalue weighted by atomic mass is 32.2. The second kappa shape index (κ2) is 8.77. The molecule has 0 atom stereocenters. The average Bonchev–Trinajstić information content (AvgIpc) is 3.09. The number of nitrogens with zero attached hydrogens (tertiary/aromatic N) is 3. The number of thioether (sulfide) groups is 1. The van der Waals surface area contributed by atoms with Gasteiger partial charge in [-0.2, -0.15) is 0 Å². The van der Waals surface area contributed by atoms with E-state index >= 15 is 0 Å². The first-order valence-electron chi connectivity index (χ1n) is 8.00. The number of amides is 1. The lowest BCUT2D eigenvalue weighted by molar-refractivity contribution is -0.116. The van der Waals surface area contributed by atoms with Crippen LogP contribution in [0.25, 0.3) is 0 Å². The van der Waals surface area contributed by atoms with Gasteiger partial charge in [0.25, 0.3) is 0 Å². The van der Waals surface area contributed by atoms with Gasteiger partial charge in [-0.3, -0.25) is 4.79 Å². The number of benzene rings is 2. The first-order chi connectivity index (χ1) is 12.7. The second-order valence-electron chi connectivity index (χ2n) is 5.27. The van der Waals surface area contributed by atoms with Gasteiger partial charge in [-0.1, -0.05) is 47.4 Å². The molecule has 134 valence electrons. The molecule has 0 fully saturated rings. The van der Waals surface area contributed by atoms with Crippen LogP contribution in [0, 0.1) is 5.82 Å². The summed E-state index contributed by atoms with van der Waals surface area (Å²) in [5.41, 5.74) is 1.49. The summed E-state index contributed by atoms with van der Waals surface area (Å²) in [5, 5.41) is 11.7. The highest BCUT2D eigenvalue weighted by Crippen LogP contribution is 2.28. The Bertz CT molecular complexity index is 872. The van der Waals surface area contributed by atoms with Gasteiger partial charge < -0.3 is 10.2 Å². The smallest absolute Gasteiger partial charge is 0.237 e. The maximum atomic E-state index is 13.2. The molecular weight excluding hydrogens is 371 g/mol. The molecule has 0 unspecified atom stereocenters. The van der Waals surface area contributed by atoms with Gasteiger partial charge in [-0.05, 0) is 37.3 Å². The fourth-order valence-corrected chi connectivity index (χ4v) is 3.97. The molecule has 3 rings (SSSR count). The van der Waals surface area contributed by atoms with Crippen molar-refractivity contribution in [3.8, 4) is 0 Å². The van der Waals surface area contributed by atoms with Crippen molar-refractivity contribution in [2.45, 2.75) is 11.3 Å². The van der Waals surface area contributed by atoms with Crippen LogP contribution in [-0.4, -0.2) is 28.4 Å². The molecule has 1 N–H and O–H groups in total. The topological polar surface area (TPSA) is 58.1 Å². The quantitative estimate of drug-likeness (QED) is 0.601. The highest BCUT2D eigenvalue weighted by Gasteiger charge is 2.15. The van der Waals surface area contributed by atoms with E-state index in [1.807, 2.05) is 37.3 Å². The van der Waals surface area contributed by atoms with E-state index in [1.165, 1.54) is 35.2 Å². The maximum absolute atomic E-state index is 13.2. The minimum atomic E-state index is -0.319. The number of carbonyl (C=O) groups is 1. The third-order valence-corrected chi connectivity index (χ3v) is 5.44. The summed E-state index contributed by atoms with van der Waals surface area (Å²) < 4.78 is 13.9. The molecule has 1 aromatic heterocycles. The van der Waals surface area contributed by atoms with Crippen molar-refractivity contribution in [3.63, 3.8) is 0 Å². The zero-order valence-corrected chi connectivity index (χ0v) is 15.7. The van der Waals surface area contributed by atoms with Gasteiger partial charge >= 0.3 is 0 Å². The molecule has 0 radical (unpaired) electrons. The largest absolute Gasteiger partial charge is 0.330 e. The zero-order chi connectivity index (χ0) is 18.4. The number of aromatic nitrogens is 2. The molecule has 26 heavy (non-hydrogen) atoms. The van der Waals surface area contributed by atoms with E-state index in [1.54, 1.807) is 17.0 Å². The van der Waals surface area contributed by atoms with Crippen LogP contribution in [0.4, 0.5) is 20.9 Å². The predicted octanol–water partition coefficient (Wildman–Crippen LogP) is 4.57. The van der Waals surface area contributed by atoms with Crippen molar-refractivity contribution >= 4 is 45.5 Å². The Kier molecular flexibility index (Phi) is 6.19. The van der Waals surface area contributed by atoms with Crippen LogP contribution in [0.2, 0.25) is 0 Å². The van der Waals surface area contributed by atoms with Gasteiger partial charge in [0.15, 0.2) is 4.34 Å². The van der Waals surface area contributed by atoms with Crippen molar-refractivity contribution in [2.24, 2.45) is 0 Å². The van der Waals surface area contributed by atoms with Gasteiger partial charge in [0, 0.05) is 17.9 Å². The molecule has 5 nitrogen and oxygen atoms in total. The number of para-hydroxylation sites is 1. The molecule has 0 spiro atoms. The molecule has 0 aliphatic rings. The van der Waals surface area contributed by atoms with Crippen LogP contribution in [0.1, 0.15) is 6.92 Å². The van der Waals surface area contributed by atoms with Crippen molar-refractivity contribution in [1.29, 1.82) is 0 Å². The summed E-state index contributed by atoms with van der Waals surface area (Å²) in [7, 11) is 0. The summed E-state index contributed by atoms with van der Waals surface area (Å²) in [6.07, 6.45) is 0. The van der Waals surface area contributed by atoms with Crippen molar-refractivity contribution in [2.75, 3.05) is 22.5 Å². The summed E-state index contributed by atoms with van der Waals surface area (Å²) in [4.78, 5) is 14.2. The second-order valence-corrected chi connectivity index (χ2v) is 7.47. The molecule has 0 saturated heterocycles. The maximum Gasteiger partial charge on any atom is 0.237 e. The fourth-order valence-electron chi connectivity index (χ4n) is 2.32. The third kappa shape index (κ3) is 4.80. The Morgan fingerprint density at radius 3 is 2.73 bits per heavy atom. The predicted molar refractivity (Wildman–Crippen MR) is 105 cm³/mol. The number of halogens is 1. The van der Waals surface area contributed by atoms with E-state index in [4.69, 9.17) is 0 Å². The summed E-state index contributed by atoms with van der Waals surface area (Å²) in [6, 6.07) is 15.7. The van der Waals surface area contributed by atoms with Crippen molar-refractivity contribution in [1.82, 2.24) is 10.2 Å². The van der Waals surface area contributed by atoms with Crippen molar-refractivity contribution < 1.29 is 9.18 Å². The molecule has 8 heteroatoms. The van der Waals surface area contributed by atoms with E-state index in [9.17, 15) is 9.18 Å². The van der Waals surface area contributed by atoms with Gasteiger partial charge in [-0.15, -0.1) is 10.2 Å². The Labute approximate surface area is 159 Å². The lowest BCUT2D eigenvalue weighted by atomic mass is 10.3. The van der Waals surface area contributed by atoms with Crippen LogP contribution < -0.4 is 10.2 Å². The number of nitrogens with one attached hydrogen (secondary N) is 1. The van der Waals surface area contributed by atoms with Crippen molar-refractivity contribution in [3.05, 3.63) is 60.4 Å². The Morgan fingerprint density at radius 1 is 1.19 bits per heavy atom. The standard InChI is InChI=1S/C18H17FN4OS2/c1-2-23(15-9-4-3-5-10-15)16(24)12-25-18-22-21-17(26-18)20-14-8-6-7-13(19)11-14/h3-11H,2,12H2,1H3,(H,20,21). The van der Waals surface area contributed by atoms with Gasteiger partial charge in [0.1, 0.15) is 5.82 Å². The third-order valence-electron chi connectivity index (χ3n) is 3.49. The summed E-state index contributed by atoms with van der Waals surface area (Å²) in [5.74, 6) is -0.0315. The first kappa shape index (κ1) is 18.3. The monoisotopic (exact) mass is 388 g/mol. The Balaban J connectivity index is 1.58. The van der Waals surface area contributed by atoms with E-state index in [-0.39, 0.29) is 17.5 Å². The lowest BCUT2D eigenvalue weighted by Gasteiger charge is -2.20. The molecule has 0 aliphatic heterocycles. The van der Waals surface area contributed by atoms with E-state index in [0.717, 1.165) is 5.69 Å². The van der Waals surface area contributed by atoms with Gasteiger partial charge in [0.2, 0.25) is 11.0 Å². The highest BCUT2D eigenvalue weighted by molar-refractivity contribution is 8.01. The van der Waals surface area contributed by atoms with Crippen LogP contribution in [0.15, 0.2) is 58.9 Å². The van der Waals surface area contributed by atoms with Gasteiger partial charge in [-0.25, -0.2) is 4.39 Å². The van der Waals surface area contributed by atoms with E-state index in [0.29, 0.717) is 21.7 Å². The Morgan fingerprint density at radius 2 is 2.00 bits per heavy atom. The normalized spacial score (nSPS) is 10.5. The molecule has 2 aromatic carbocycles. The lowest BCUT2D eigenvalue weighted by Crippen LogP contribution is -2.32. The fraction of sp³-hybridized carbons (Fsp3) is 0.167. The molecule has 3 aromatic rings. The van der Waals surface area contributed by atoms with Gasteiger partial charge in [0.05, 0.1) is 5.75 Å².